The number of anilines is 1. The zero-order valence-corrected chi connectivity index (χ0v) is 26.5. The molecule has 5 bridgehead atoms. The Bertz CT molecular complexity index is 1330. The number of halogens is 1. The lowest BCUT2D eigenvalue weighted by Crippen LogP contribution is -2.56. The third-order valence-corrected chi connectivity index (χ3v) is 9.54. The van der Waals surface area contributed by atoms with E-state index in [9.17, 15) is 24.3 Å². The summed E-state index contributed by atoms with van der Waals surface area (Å²) in [4.78, 5) is 58.6. The molecule has 2 fully saturated rings. The van der Waals surface area contributed by atoms with Gasteiger partial charge in [-0.2, -0.15) is 0 Å². The van der Waals surface area contributed by atoms with Crippen LogP contribution in [0.3, 0.4) is 0 Å². The summed E-state index contributed by atoms with van der Waals surface area (Å²) in [6.45, 7) is 6.29. The molecule has 11 heteroatoms. The summed E-state index contributed by atoms with van der Waals surface area (Å²) in [6.07, 6.45) is 6.76. The van der Waals surface area contributed by atoms with E-state index in [1.165, 1.54) is 0 Å². The Morgan fingerprint density at radius 1 is 1.07 bits per heavy atom. The predicted molar refractivity (Wildman–Crippen MR) is 163 cm³/mol. The van der Waals surface area contributed by atoms with Crippen LogP contribution in [0.2, 0.25) is 0 Å². The largest absolute Gasteiger partial charge is 0.460 e. The van der Waals surface area contributed by atoms with E-state index in [0.29, 0.717) is 30.2 Å². The average molecular weight is 659 g/mol. The van der Waals surface area contributed by atoms with Gasteiger partial charge in [0.1, 0.15) is 29.8 Å². The summed E-state index contributed by atoms with van der Waals surface area (Å²) in [5.41, 5.74) is 1.20. The number of ether oxygens (including phenoxy) is 2. The quantitative estimate of drug-likeness (QED) is 0.274. The molecule has 4 heterocycles. The molecule has 0 aromatic heterocycles. The molecule has 0 saturated carbocycles. The van der Waals surface area contributed by atoms with Gasteiger partial charge in [-0.25, -0.2) is 0 Å². The Morgan fingerprint density at radius 3 is 2.53 bits per heavy atom. The zero-order chi connectivity index (χ0) is 30.9. The Morgan fingerprint density at radius 2 is 1.81 bits per heavy atom. The van der Waals surface area contributed by atoms with Crippen LogP contribution in [0.1, 0.15) is 50.2 Å². The Kier molecular flexibility index (Phi) is 9.43. The summed E-state index contributed by atoms with van der Waals surface area (Å²) in [5.74, 6) is -3.27. The highest BCUT2D eigenvalue weighted by atomic mass is 79.9. The number of carbonyl (C=O) groups excluding carboxylic acids is 4. The van der Waals surface area contributed by atoms with Crippen LogP contribution < -0.4 is 10.2 Å². The van der Waals surface area contributed by atoms with Crippen LogP contribution in [-0.2, 0) is 28.7 Å². The molecule has 4 aliphatic heterocycles. The van der Waals surface area contributed by atoms with E-state index in [1.807, 2.05) is 44.2 Å². The molecule has 0 unspecified atom stereocenters. The van der Waals surface area contributed by atoms with Gasteiger partial charge in [0, 0.05) is 36.3 Å². The molecule has 2 N–H and O–H groups in total. The molecular weight excluding hydrogens is 618 g/mol. The number of hydrogen-bond acceptors (Lipinski definition) is 7. The number of amides is 3. The first-order valence-corrected chi connectivity index (χ1v) is 15.9. The SMILES string of the molecule is Cc1cccc(C)c1N1C/C=C\CCC(=O)NC[C@@H](C)OC(=O)[C@@H]2[C@H]3O[C@@]4(C=C3Br)[C@H](C1=O)N(CCCCCO)C(=O)[C@@H]24. The molecule has 1 aromatic rings. The number of para-hydroxylation sites is 1. The molecule has 6 atom stereocenters. The first kappa shape index (κ1) is 31.4. The van der Waals surface area contributed by atoms with E-state index < -0.39 is 41.7 Å². The van der Waals surface area contributed by atoms with Gasteiger partial charge in [-0.3, -0.25) is 19.2 Å². The number of aliphatic hydroxyl groups is 1. The summed E-state index contributed by atoms with van der Waals surface area (Å²) < 4.78 is 12.9. The highest BCUT2D eigenvalue weighted by molar-refractivity contribution is 9.11. The Balaban J connectivity index is 1.62. The number of carbonyl (C=O) groups is 4. The minimum atomic E-state index is -1.36. The third-order valence-electron chi connectivity index (χ3n) is 8.86. The van der Waals surface area contributed by atoms with Crippen molar-refractivity contribution in [1.29, 1.82) is 0 Å². The number of nitrogens with zero attached hydrogens (tertiary/aromatic N) is 2. The van der Waals surface area contributed by atoms with Crippen LogP contribution in [0.15, 0.2) is 40.9 Å². The lowest BCUT2D eigenvalue weighted by atomic mass is 9.74. The smallest absolute Gasteiger partial charge is 0.313 e. The predicted octanol–water partition coefficient (Wildman–Crippen LogP) is 3.07. The number of aliphatic hydroxyl groups excluding tert-OH is 1. The van der Waals surface area contributed by atoms with Gasteiger partial charge in [0.05, 0.1) is 12.5 Å². The summed E-state index contributed by atoms with van der Waals surface area (Å²) in [7, 11) is 0. The van der Waals surface area contributed by atoms with Crippen LogP contribution in [0, 0.1) is 25.7 Å². The normalized spacial score (nSPS) is 32.0. The van der Waals surface area contributed by atoms with Gasteiger partial charge >= 0.3 is 5.97 Å². The third kappa shape index (κ3) is 5.79. The maximum absolute atomic E-state index is 14.9. The van der Waals surface area contributed by atoms with Gasteiger partial charge < -0.3 is 29.7 Å². The molecule has 10 nitrogen and oxygen atoms in total. The molecule has 5 rings (SSSR count). The van der Waals surface area contributed by atoms with Crippen molar-refractivity contribution >= 4 is 45.3 Å². The topological polar surface area (TPSA) is 125 Å². The zero-order valence-electron chi connectivity index (χ0n) is 24.9. The second-order valence-corrected chi connectivity index (χ2v) is 12.8. The van der Waals surface area contributed by atoms with Gasteiger partial charge in [-0.1, -0.05) is 46.3 Å². The number of benzene rings is 1. The van der Waals surface area contributed by atoms with Crippen LogP contribution >= 0.6 is 15.9 Å². The highest BCUT2D eigenvalue weighted by Gasteiger charge is 2.74. The van der Waals surface area contributed by atoms with Crippen LogP contribution in [0.5, 0.6) is 0 Å². The molecule has 2 saturated heterocycles. The lowest BCUT2D eigenvalue weighted by Gasteiger charge is -2.36. The first-order valence-electron chi connectivity index (χ1n) is 15.1. The maximum Gasteiger partial charge on any atom is 0.313 e. The van der Waals surface area contributed by atoms with Crippen molar-refractivity contribution in [2.24, 2.45) is 11.8 Å². The van der Waals surface area contributed by atoms with Crippen molar-refractivity contribution in [1.82, 2.24) is 10.2 Å². The molecular formula is C32H40BrN3O7. The van der Waals surface area contributed by atoms with Crippen molar-refractivity contribution < 1.29 is 33.8 Å². The van der Waals surface area contributed by atoms with Crippen molar-refractivity contribution in [2.45, 2.75) is 76.7 Å². The van der Waals surface area contributed by atoms with E-state index in [0.717, 1.165) is 16.8 Å². The fraction of sp³-hybridized carbons (Fsp3) is 0.562. The fourth-order valence-electron chi connectivity index (χ4n) is 6.92. The monoisotopic (exact) mass is 657 g/mol. The van der Waals surface area contributed by atoms with Gasteiger partial charge in [0.2, 0.25) is 11.8 Å². The van der Waals surface area contributed by atoms with Gasteiger partial charge in [0.25, 0.3) is 5.91 Å². The summed E-state index contributed by atoms with van der Waals surface area (Å²) in [6, 6.07) is 4.81. The molecule has 1 aromatic carbocycles. The number of aryl methyl sites for hydroxylation is 2. The maximum atomic E-state index is 14.9. The van der Waals surface area contributed by atoms with Gasteiger partial charge in [0.15, 0.2) is 0 Å². The summed E-state index contributed by atoms with van der Waals surface area (Å²) >= 11 is 3.57. The highest BCUT2D eigenvalue weighted by Crippen LogP contribution is 2.59. The lowest BCUT2D eigenvalue weighted by molar-refractivity contribution is -0.158. The Labute approximate surface area is 260 Å². The number of likely N-dealkylation sites (tertiary alicyclic amines) is 1. The molecule has 232 valence electrons. The standard InChI is InChI=1S/C32H40BrN3O7/c1-19-11-10-12-20(2)26(19)35-14-7-4-6-13-23(38)34-18-21(3)42-31(41)24-25-29(39)36(15-8-5-9-16-37)28(30(35)40)32(25)17-22(33)27(24)43-32/h4,7,10-12,17,21,24-25,27-28,37H,5-6,8-9,13-16,18H2,1-3H3,(H,34,38)/b7-4-/t21-,24+,25-,27+,28+,32-/m1/s1. The van der Waals surface area contributed by atoms with E-state index in [-0.39, 0.29) is 50.4 Å². The number of cyclic esters (lactones) is 1. The van der Waals surface area contributed by atoms with Gasteiger partial charge in [-0.15, -0.1) is 0 Å². The van der Waals surface area contributed by atoms with E-state index in [2.05, 4.69) is 21.2 Å². The number of hydrogen-bond donors (Lipinski definition) is 2. The van der Waals surface area contributed by atoms with E-state index in [1.54, 1.807) is 22.8 Å². The summed E-state index contributed by atoms with van der Waals surface area (Å²) in [5, 5.41) is 12.1. The number of allylic oxidation sites excluding steroid dienone is 1. The van der Waals surface area contributed by atoms with Crippen LogP contribution in [-0.4, -0.2) is 83.8 Å². The molecule has 0 radical (unpaired) electrons. The first-order chi connectivity index (χ1) is 20.6. The molecule has 43 heavy (non-hydrogen) atoms. The molecule has 3 amide bonds. The van der Waals surface area contributed by atoms with Crippen molar-refractivity contribution in [3.05, 3.63) is 52.0 Å². The average Bonchev–Trinajstić information content (AvgIpc) is 3.55. The molecule has 0 aliphatic carbocycles. The van der Waals surface area contributed by atoms with Gasteiger partial charge in [-0.05, 0) is 63.7 Å². The number of esters is 1. The molecule has 1 spiro atoms. The fourth-order valence-corrected chi connectivity index (χ4v) is 7.66. The number of nitrogens with one attached hydrogen (secondary N) is 1. The second kappa shape index (κ2) is 12.9. The number of rotatable bonds is 6. The second-order valence-electron chi connectivity index (χ2n) is 11.9. The minimum Gasteiger partial charge on any atom is -0.460 e. The minimum absolute atomic E-state index is 0.0442. The molecule has 4 aliphatic rings. The van der Waals surface area contributed by atoms with Crippen LogP contribution in [0.25, 0.3) is 0 Å². The van der Waals surface area contributed by atoms with Crippen LogP contribution in [0.4, 0.5) is 5.69 Å². The Hall–Kier alpha value is -3.02. The number of unbranched alkanes of at least 4 members (excludes halogenated alkanes) is 2. The van der Waals surface area contributed by atoms with Crippen molar-refractivity contribution in [3.63, 3.8) is 0 Å². The van der Waals surface area contributed by atoms with E-state index >= 15 is 0 Å². The number of fused-ring (bicyclic) bond motifs is 2. The van der Waals surface area contributed by atoms with Crippen molar-refractivity contribution in [3.8, 4) is 0 Å². The van der Waals surface area contributed by atoms with E-state index in [4.69, 9.17) is 9.47 Å². The van der Waals surface area contributed by atoms with Crippen molar-refractivity contribution in [2.75, 3.05) is 31.1 Å².